The van der Waals surface area contributed by atoms with Crippen LogP contribution < -0.4 is 0 Å². The van der Waals surface area contributed by atoms with Crippen LogP contribution in [0.3, 0.4) is 0 Å². The first-order valence-corrected chi connectivity index (χ1v) is 13.4. The van der Waals surface area contributed by atoms with Crippen LogP contribution in [-0.2, 0) is 9.53 Å². The van der Waals surface area contributed by atoms with Crippen LogP contribution in [0, 0.1) is 5.92 Å². The van der Waals surface area contributed by atoms with Gasteiger partial charge in [0.1, 0.15) is 0 Å². The van der Waals surface area contributed by atoms with E-state index in [1.807, 2.05) is 6.92 Å². The molecule has 0 spiro atoms. The highest BCUT2D eigenvalue weighted by atomic mass is 16.5. The van der Waals surface area contributed by atoms with Crippen LogP contribution in [0.25, 0.3) is 0 Å². The summed E-state index contributed by atoms with van der Waals surface area (Å²) < 4.78 is 5.44. The Bertz CT molecular complexity index is 326. The molecule has 0 aliphatic heterocycles. The van der Waals surface area contributed by atoms with Crippen molar-refractivity contribution in [1.29, 1.82) is 0 Å². The van der Waals surface area contributed by atoms with Crippen molar-refractivity contribution < 1.29 is 9.53 Å². The summed E-state index contributed by atoms with van der Waals surface area (Å²) >= 11 is 0. The fourth-order valence-corrected chi connectivity index (χ4v) is 3.96. The highest BCUT2D eigenvalue weighted by Crippen LogP contribution is 2.15. The largest absolute Gasteiger partial charge is 0.465 e. The fraction of sp³-hybridized carbons (Fsp3) is 0.963. The highest BCUT2D eigenvalue weighted by molar-refractivity contribution is 5.71. The number of esters is 1. The number of carbonyl (C=O) groups is 1. The molecule has 0 saturated heterocycles. The Kier molecular flexibility index (Phi) is 23.3. The first kappa shape index (κ1) is 28.5. The number of hydrogen-bond acceptors (Lipinski definition) is 2. The van der Waals surface area contributed by atoms with Gasteiger partial charge in [0.2, 0.25) is 0 Å². The SMILES string of the molecule is CCCCCCCCCCCCCCCCCCOC(=O)C(C)CCCCCC. The quantitative estimate of drug-likeness (QED) is 0.124. The van der Waals surface area contributed by atoms with Gasteiger partial charge in [0, 0.05) is 0 Å². The summed E-state index contributed by atoms with van der Waals surface area (Å²) in [5, 5.41) is 0. The van der Waals surface area contributed by atoms with Crippen molar-refractivity contribution in [1.82, 2.24) is 0 Å². The summed E-state index contributed by atoms with van der Waals surface area (Å²) in [4.78, 5) is 11.9. The van der Waals surface area contributed by atoms with Crippen molar-refractivity contribution in [3.63, 3.8) is 0 Å². The minimum absolute atomic E-state index is 0.0162. The second-order valence-electron chi connectivity index (χ2n) is 9.22. The molecule has 0 amide bonds. The molecule has 0 bridgehead atoms. The molecule has 0 aliphatic rings. The lowest BCUT2D eigenvalue weighted by molar-refractivity contribution is -0.148. The summed E-state index contributed by atoms with van der Waals surface area (Å²) in [5.74, 6) is 0.0929. The summed E-state index contributed by atoms with van der Waals surface area (Å²) in [6.07, 6.45) is 27.9. The van der Waals surface area contributed by atoms with Crippen LogP contribution in [0.1, 0.15) is 156 Å². The van der Waals surface area contributed by atoms with Gasteiger partial charge in [-0.2, -0.15) is 0 Å². The molecule has 0 saturated carbocycles. The smallest absolute Gasteiger partial charge is 0.308 e. The molecule has 0 aliphatic carbocycles. The van der Waals surface area contributed by atoms with Gasteiger partial charge in [0.05, 0.1) is 12.5 Å². The van der Waals surface area contributed by atoms with Crippen LogP contribution in [0.2, 0.25) is 0 Å². The zero-order valence-corrected chi connectivity index (χ0v) is 20.5. The van der Waals surface area contributed by atoms with E-state index in [0.29, 0.717) is 6.61 Å². The zero-order chi connectivity index (χ0) is 21.4. The van der Waals surface area contributed by atoms with Crippen molar-refractivity contribution in [2.24, 2.45) is 5.92 Å². The maximum absolute atomic E-state index is 11.9. The van der Waals surface area contributed by atoms with Crippen LogP contribution >= 0.6 is 0 Å². The molecule has 2 heteroatoms. The molecule has 0 N–H and O–H groups in total. The molecule has 1 unspecified atom stereocenters. The molecule has 1 atom stereocenters. The Hall–Kier alpha value is -0.530. The fourth-order valence-electron chi connectivity index (χ4n) is 3.96. The molecule has 0 heterocycles. The molecular formula is C27H54O2. The lowest BCUT2D eigenvalue weighted by atomic mass is 10.0. The van der Waals surface area contributed by atoms with Crippen molar-refractivity contribution in [2.45, 2.75) is 156 Å². The lowest BCUT2D eigenvalue weighted by Gasteiger charge is -2.11. The standard InChI is InChI=1S/C27H54O2/c1-4-6-8-10-11-12-13-14-15-16-17-18-19-20-21-23-25-29-27(28)26(3)24-22-9-7-5-2/h26H,4-25H2,1-3H3. The Balaban J connectivity index is 3.20. The Morgan fingerprint density at radius 2 is 0.897 bits per heavy atom. The van der Waals surface area contributed by atoms with E-state index in [9.17, 15) is 4.79 Å². The minimum atomic E-state index is 0.0162. The van der Waals surface area contributed by atoms with E-state index in [4.69, 9.17) is 4.74 Å². The van der Waals surface area contributed by atoms with Gasteiger partial charge in [-0.1, -0.05) is 143 Å². The van der Waals surface area contributed by atoms with E-state index in [1.165, 1.54) is 116 Å². The maximum atomic E-state index is 11.9. The summed E-state index contributed by atoms with van der Waals surface area (Å²) in [5.41, 5.74) is 0. The van der Waals surface area contributed by atoms with Gasteiger partial charge in [-0.15, -0.1) is 0 Å². The Morgan fingerprint density at radius 1 is 0.552 bits per heavy atom. The normalized spacial score (nSPS) is 12.2. The number of ether oxygens (including phenoxy) is 1. The van der Waals surface area contributed by atoms with E-state index in [1.54, 1.807) is 0 Å². The van der Waals surface area contributed by atoms with Crippen molar-refractivity contribution in [3.05, 3.63) is 0 Å². The van der Waals surface area contributed by atoms with Gasteiger partial charge < -0.3 is 4.74 Å². The molecule has 0 fully saturated rings. The Morgan fingerprint density at radius 3 is 1.31 bits per heavy atom. The number of unbranched alkanes of at least 4 members (excludes halogenated alkanes) is 18. The van der Waals surface area contributed by atoms with E-state index in [0.717, 1.165) is 19.3 Å². The van der Waals surface area contributed by atoms with E-state index >= 15 is 0 Å². The molecule has 29 heavy (non-hydrogen) atoms. The van der Waals surface area contributed by atoms with Crippen molar-refractivity contribution in [3.8, 4) is 0 Å². The molecule has 0 aromatic heterocycles. The number of rotatable bonds is 23. The molecule has 0 rings (SSSR count). The predicted octanol–water partition coefficient (Wildman–Crippen LogP) is 9.40. The summed E-state index contributed by atoms with van der Waals surface area (Å²) in [6, 6.07) is 0. The maximum Gasteiger partial charge on any atom is 0.308 e. The third-order valence-corrected chi connectivity index (χ3v) is 6.14. The van der Waals surface area contributed by atoms with Crippen LogP contribution in [-0.4, -0.2) is 12.6 Å². The minimum Gasteiger partial charge on any atom is -0.465 e. The van der Waals surface area contributed by atoms with Gasteiger partial charge in [-0.3, -0.25) is 4.79 Å². The monoisotopic (exact) mass is 410 g/mol. The van der Waals surface area contributed by atoms with Crippen LogP contribution in [0.4, 0.5) is 0 Å². The second kappa shape index (κ2) is 23.7. The molecule has 0 aromatic carbocycles. The molecule has 174 valence electrons. The Labute approximate surface area is 184 Å². The van der Waals surface area contributed by atoms with Gasteiger partial charge in [-0.05, 0) is 12.8 Å². The number of carbonyl (C=O) groups excluding carboxylic acids is 1. The summed E-state index contributed by atoms with van der Waals surface area (Å²) in [6.45, 7) is 7.14. The highest BCUT2D eigenvalue weighted by Gasteiger charge is 2.13. The molecule has 2 nitrogen and oxygen atoms in total. The summed E-state index contributed by atoms with van der Waals surface area (Å²) in [7, 11) is 0. The molecule has 0 aromatic rings. The van der Waals surface area contributed by atoms with Crippen LogP contribution in [0.15, 0.2) is 0 Å². The lowest BCUT2D eigenvalue weighted by Crippen LogP contribution is -2.15. The zero-order valence-electron chi connectivity index (χ0n) is 20.5. The van der Waals surface area contributed by atoms with Gasteiger partial charge >= 0.3 is 5.97 Å². The third-order valence-electron chi connectivity index (χ3n) is 6.14. The van der Waals surface area contributed by atoms with Gasteiger partial charge in [0.15, 0.2) is 0 Å². The first-order chi connectivity index (χ1) is 14.2. The van der Waals surface area contributed by atoms with Gasteiger partial charge in [0.25, 0.3) is 0 Å². The molecule has 0 radical (unpaired) electrons. The third kappa shape index (κ3) is 22.0. The van der Waals surface area contributed by atoms with Crippen LogP contribution in [0.5, 0.6) is 0 Å². The van der Waals surface area contributed by atoms with Crippen molar-refractivity contribution >= 4 is 5.97 Å². The number of hydrogen-bond donors (Lipinski definition) is 0. The van der Waals surface area contributed by atoms with Gasteiger partial charge in [-0.25, -0.2) is 0 Å². The second-order valence-corrected chi connectivity index (χ2v) is 9.22. The van der Waals surface area contributed by atoms with E-state index in [2.05, 4.69) is 13.8 Å². The molecular weight excluding hydrogens is 356 g/mol. The first-order valence-electron chi connectivity index (χ1n) is 13.4. The average molecular weight is 411 g/mol. The van der Waals surface area contributed by atoms with Crippen molar-refractivity contribution in [2.75, 3.05) is 6.61 Å². The average Bonchev–Trinajstić information content (AvgIpc) is 2.73. The predicted molar refractivity (Wildman–Crippen MR) is 128 cm³/mol. The van der Waals surface area contributed by atoms with E-state index < -0.39 is 0 Å². The van der Waals surface area contributed by atoms with E-state index in [-0.39, 0.29) is 11.9 Å². The topological polar surface area (TPSA) is 26.3 Å².